The number of ketones is 1. The Morgan fingerprint density at radius 3 is 2.35 bits per heavy atom. The number of aliphatic hydroxyl groups excluding tert-OH is 4. The van der Waals surface area contributed by atoms with Gasteiger partial charge >= 0.3 is 11.9 Å². The van der Waals surface area contributed by atoms with E-state index in [4.69, 9.17) is 33.2 Å². The van der Waals surface area contributed by atoms with Gasteiger partial charge in [-0.25, -0.2) is 4.79 Å². The van der Waals surface area contributed by atoms with Crippen LogP contribution >= 0.6 is 0 Å². The lowest BCUT2D eigenvalue weighted by molar-refractivity contribution is -0.347. The minimum Gasteiger partial charge on any atom is -0.459 e. The number of methoxy groups -OCH3 is 1. The summed E-state index contributed by atoms with van der Waals surface area (Å²) in [7, 11) is 1.52. The Labute approximate surface area is 304 Å². The van der Waals surface area contributed by atoms with Crippen LogP contribution in [0.5, 0.6) is 0 Å². The van der Waals surface area contributed by atoms with Crippen LogP contribution in [0.3, 0.4) is 0 Å². The van der Waals surface area contributed by atoms with E-state index >= 15 is 0 Å². The first-order valence-electron chi connectivity index (χ1n) is 19.1. The highest BCUT2D eigenvalue weighted by Gasteiger charge is 2.69. The number of carbonyl (C=O) groups is 3. The zero-order valence-corrected chi connectivity index (χ0v) is 30.8. The van der Waals surface area contributed by atoms with E-state index in [0.717, 1.165) is 50.5 Å². The third-order valence-electron chi connectivity index (χ3n) is 14.3. The molecular weight excluding hydrogens is 680 g/mol. The summed E-state index contributed by atoms with van der Waals surface area (Å²) in [5, 5.41) is 40.6. The summed E-state index contributed by atoms with van der Waals surface area (Å²) in [6, 6.07) is 0. The Morgan fingerprint density at radius 2 is 1.67 bits per heavy atom. The molecule has 52 heavy (non-hydrogen) atoms. The molecule has 14 nitrogen and oxygen atoms in total. The maximum absolute atomic E-state index is 14.7. The van der Waals surface area contributed by atoms with E-state index in [9.17, 15) is 34.8 Å². The van der Waals surface area contributed by atoms with Crippen LogP contribution < -0.4 is 0 Å². The molecule has 3 heterocycles. The van der Waals surface area contributed by atoms with Gasteiger partial charge in [0.2, 0.25) is 0 Å². The Hall–Kier alpha value is -2.01. The van der Waals surface area contributed by atoms with Crippen molar-refractivity contribution in [2.24, 2.45) is 34.0 Å². The maximum atomic E-state index is 14.7. The van der Waals surface area contributed by atoms with E-state index < -0.39 is 90.9 Å². The van der Waals surface area contributed by atoms with Crippen molar-refractivity contribution >= 4 is 17.7 Å². The maximum Gasteiger partial charge on any atom is 0.331 e. The van der Waals surface area contributed by atoms with E-state index in [2.05, 4.69) is 13.8 Å². The molecule has 0 amide bonds. The normalized spacial score (nSPS) is 50.4. The molecule has 2 bridgehead atoms. The first kappa shape index (κ1) is 38.3. The number of cyclic esters (lactones) is 1. The Balaban J connectivity index is 1.05. The Kier molecular flexibility index (Phi) is 10.5. The zero-order chi connectivity index (χ0) is 37.3. The van der Waals surface area contributed by atoms with Crippen molar-refractivity contribution in [3.05, 3.63) is 11.6 Å². The highest BCUT2D eigenvalue weighted by molar-refractivity contribution is 5.94. The first-order valence-corrected chi connectivity index (χ1v) is 19.1. The fraction of sp³-hybridized carbons (Fsp3) is 0.868. The number of esters is 2. The van der Waals surface area contributed by atoms with Crippen molar-refractivity contribution in [1.82, 2.24) is 0 Å². The topological polar surface area (TPSA) is 197 Å². The van der Waals surface area contributed by atoms with Crippen molar-refractivity contribution < 1.29 is 68.0 Å². The lowest BCUT2D eigenvalue weighted by Crippen LogP contribution is -2.67. The molecule has 3 aliphatic heterocycles. The summed E-state index contributed by atoms with van der Waals surface area (Å²) >= 11 is 0. The highest BCUT2D eigenvalue weighted by atomic mass is 16.7. The molecule has 0 radical (unpaired) electrons. The van der Waals surface area contributed by atoms with Crippen LogP contribution in [-0.4, -0.2) is 126 Å². The molecule has 6 fully saturated rings. The van der Waals surface area contributed by atoms with Crippen LogP contribution in [0.2, 0.25) is 0 Å². The minimum atomic E-state index is -1.58. The summed E-state index contributed by atoms with van der Waals surface area (Å²) in [6.45, 7) is 7.26. The second-order valence-corrected chi connectivity index (χ2v) is 16.9. The molecule has 0 aromatic rings. The molecule has 0 aromatic carbocycles. The van der Waals surface area contributed by atoms with Gasteiger partial charge < -0.3 is 53.6 Å². The highest BCUT2D eigenvalue weighted by Crippen LogP contribution is 2.70. The van der Waals surface area contributed by atoms with Crippen molar-refractivity contribution in [3.63, 3.8) is 0 Å². The summed E-state index contributed by atoms with van der Waals surface area (Å²) < 4.78 is 41.8. The van der Waals surface area contributed by atoms with Gasteiger partial charge in [-0.1, -0.05) is 13.8 Å². The Morgan fingerprint density at radius 1 is 0.923 bits per heavy atom. The summed E-state index contributed by atoms with van der Waals surface area (Å²) in [4.78, 5) is 39.3. The molecule has 0 aromatic heterocycles. The number of ether oxygens (including phenoxy) is 7. The number of rotatable bonds is 8. The van der Waals surface area contributed by atoms with Crippen molar-refractivity contribution in [3.8, 4) is 0 Å². The van der Waals surface area contributed by atoms with Gasteiger partial charge in [0.1, 0.15) is 49.0 Å². The monoisotopic (exact) mass is 736 g/mol. The van der Waals surface area contributed by atoms with Crippen molar-refractivity contribution in [2.45, 2.75) is 153 Å². The van der Waals surface area contributed by atoms with Crippen LogP contribution in [-0.2, 0) is 47.5 Å². The number of Topliss-reactive ketones (excluding diaryl/α,β-unsaturated/α-hetero) is 1. The number of carbonyl (C=O) groups excluding carboxylic acids is 3. The van der Waals surface area contributed by atoms with Gasteiger partial charge in [-0.15, -0.1) is 0 Å². The van der Waals surface area contributed by atoms with E-state index in [0.29, 0.717) is 12.2 Å². The van der Waals surface area contributed by atoms with Crippen LogP contribution in [0.15, 0.2) is 11.6 Å². The van der Waals surface area contributed by atoms with Gasteiger partial charge in [0.25, 0.3) is 0 Å². The quantitative estimate of drug-likeness (QED) is 0.208. The van der Waals surface area contributed by atoms with Crippen LogP contribution in [0.1, 0.15) is 85.5 Å². The largest absolute Gasteiger partial charge is 0.459 e. The van der Waals surface area contributed by atoms with E-state index in [1.54, 1.807) is 13.0 Å². The average molecular weight is 737 g/mol. The molecule has 17 unspecified atom stereocenters. The van der Waals surface area contributed by atoms with Gasteiger partial charge in [0, 0.05) is 43.3 Å². The standard InChI is InChI=1S/C38H56O14/c1-18-32(52-34-31(44)30(43)29(42)25(16-39)51-34)24(46-5)15-28(48-18)50-23-8-10-36(3)22(33(23)49-19(2)40)7-13-38-12-6-21(20-14-27(41)47-17-20)37(4,35(38)45)11-9-26(36)38/h14,18,21-26,28-34,39,42-44H,6-13,15-17H2,1-5H3. The molecule has 17 atom stereocenters. The smallest absolute Gasteiger partial charge is 0.331 e. The van der Waals surface area contributed by atoms with Crippen LogP contribution in [0, 0.1) is 34.0 Å². The summed E-state index contributed by atoms with van der Waals surface area (Å²) in [6.07, 6.45) is -2.84. The molecular formula is C38H56O14. The fourth-order valence-corrected chi connectivity index (χ4v) is 11.8. The second-order valence-electron chi connectivity index (χ2n) is 16.9. The minimum absolute atomic E-state index is 0.0116. The lowest BCUT2D eigenvalue weighted by atomic mass is 9.37. The molecule has 4 aliphatic carbocycles. The molecule has 4 N–H and O–H groups in total. The van der Waals surface area contributed by atoms with E-state index in [1.165, 1.54) is 14.0 Å². The fourth-order valence-electron chi connectivity index (χ4n) is 11.8. The number of hydrogen-bond acceptors (Lipinski definition) is 14. The first-order chi connectivity index (χ1) is 24.7. The molecule has 14 heteroatoms. The third kappa shape index (κ3) is 6.18. The Bertz CT molecular complexity index is 1420. The lowest BCUT2D eigenvalue weighted by Gasteiger charge is -2.67. The number of hydrogen-bond donors (Lipinski definition) is 4. The van der Waals surface area contributed by atoms with Crippen molar-refractivity contribution in [1.29, 1.82) is 0 Å². The molecule has 4 saturated carbocycles. The number of fused-ring (bicyclic) bond motifs is 3. The summed E-state index contributed by atoms with van der Waals surface area (Å²) in [5.74, 6) is -0.263. The van der Waals surface area contributed by atoms with Gasteiger partial charge in [-0.2, -0.15) is 0 Å². The zero-order valence-electron chi connectivity index (χ0n) is 30.8. The van der Waals surface area contributed by atoms with Crippen LogP contribution in [0.4, 0.5) is 0 Å². The van der Waals surface area contributed by atoms with Gasteiger partial charge in [-0.05, 0) is 81.1 Å². The molecule has 7 rings (SSSR count). The SMILES string of the molecule is COC1CC(OC2CCC3(C)C(CCC45CCC(C6=CC(=O)OC6)C(C)(CCC43)C5=O)C2OC(C)=O)OC(C)C1OC1OC(CO)C(O)C(O)C1O. The molecule has 7 aliphatic rings. The summed E-state index contributed by atoms with van der Waals surface area (Å²) in [5.41, 5.74) is -0.293. The average Bonchev–Trinajstić information content (AvgIpc) is 3.53. The predicted octanol–water partition coefficient (Wildman–Crippen LogP) is 1.71. The third-order valence-corrected chi connectivity index (χ3v) is 14.3. The predicted molar refractivity (Wildman–Crippen MR) is 179 cm³/mol. The molecule has 2 saturated heterocycles. The second kappa shape index (κ2) is 14.2. The van der Waals surface area contributed by atoms with E-state index in [-0.39, 0.29) is 42.2 Å². The van der Waals surface area contributed by atoms with Gasteiger partial charge in [0.05, 0.1) is 24.9 Å². The molecule has 1 spiro atoms. The van der Waals surface area contributed by atoms with Crippen molar-refractivity contribution in [2.75, 3.05) is 20.3 Å². The van der Waals surface area contributed by atoms with E-state index in [1.807, 2.05) is 0 Å². The molecule has 292 valence electrons. The van der Waals surface area contributed by atoms with Crippen LogP contribution in [0.25, 0.3) is 0 Å². The van der Waals surface area contributed by atoms with Gasteiger partial charge in [0.15, 0.2) is 12.6 Å². The number of aliphatic hydroxyl groups is 4. The van der Waals surface area contributed by atoms with Gasteiger partial charge in [-0.3, -0.25) is 9.59 Å².